The minimum Gasteiger partial charge on any atom is -0.480 e. The summed E-state index contributed by atoms with van der Waals surface area (Å²) in [6.07, 6.45) is 0. The third-order valence-corrected chi connectivity index (χ3v) is 5.77. The van der Waals surface area contributed by atoms with E-state index in [1.807, 2.05) is 0 Å². The van der Waals surface area contributed by atoms with Gasteiger partial charge in [-0.1, -0.05) is 30.3 Å². The molecule has 3 amide bonds. The maximum Gasteiger partial charge on any atom is 0.353 e. The Bertz CT molecular complexity index is 932. The van der Waals surface area contributed by atoms with Crippen LogP contribution < -0.4 is 10.8 Å². The van der Waals surface area contributed by atoms with Crippen molar-refractivity contribution in [1.29, 1.82) is 0 Å². The average Bonchev–Trinajstić information content (AvgIpc) is 2.70. The van der Waals surface area contributed by atoms with E-state index < -0.39 is 52.7 Å². The van der Waals surface area contributed by atoms with Gasteiger partial charge in [-0.15, -0.1) is 11.8 Å². The minimum atomic E-state index is -1.54. The number of aliphatic carboxylic acids is 2. The predicted octanol–water partition coefficient (Wildman–Crippen LogP) is -0.901. The van der Waals surface area contributed by atoms with E-state index >= 15 is 0 Å². The highest BCUT2D eigenvalue weighted by molar-refractivity contribution is 8.00. The fourth-order valence-electron chi connectivity index (χ4n) is 3.15. The quantitative estimate of drug-likeness (QED) is 0.169. The lowest BCUT2D eigenvalue weighted by molar-refractivity contribution is -0.152. The van der Waals surface area contributed by atoms with Crippen LogP contribution in [0.2, 0.25) is 0 Å². The molecule has 12 heteroatoms. The van der Waals surface area contributed by atoms with E-state index in [4.69, 9.17) is 5.21 Å². The number of thioether (sulfide) groups is 1. The number of amides is 3. The summed E-state index contributed by atoms with van der Waals surface area (Å²) in [5.41, 5.74) is 0.675. The van der Waals surface area contributed by atoms with Crippen LogP contribution in [0.15, 0.2) is 41.6 Å². The van der Waals surface area contributed by atoms with Gasteiger partial charge in [0, 0.05) is 5.75 Å². The molecule has 2 unspecified atom stereocenters. The fraction of sp³-hybridized carbons (Fsp3) is 0.235. The van der Waals surface area contributed by atoms with Crippen molar-refractivity contribution < 1.29 is 39.4 Å². The Kier molecular flexibility index (Phi) is 5.57. The maximum atomic E-state index is 12.5. The van der Waals surface area contributed by atoms with E-state index in [-0.39, 0.29) is 16.9 Å². The first kappa shape index (κ1) is 20.4. The largest absolute Gasteiger partial charge is 0.480 e. The van der Waals surface area contributed by atoms with Crippen LogP contribution in [0.3, 0.4) is 0 Å². The van der Waals surface area contributed by atoms with E-state index in [1.165, 1.54) is 17.6 Å². The topological polar surface area (TPSA) is 173 Å². The molecule has 152 valence electrons. The molecular formula is C17H15N3O8S. The summed E-state index contributed by atoms with van der Waals surface area (Å²) in [6, 6.07) is 6.59. The standard InChI is InChI=1S/C17H15N3O8S/c21-12(19-28)8-6-29-15-10(14(23)20(15)11(8)17(26)27)18-13(22)9(16(24)25)7-4-2-1-3-5-7/h1-5,9-10,15,28H,6H2,(H,18,22)(H,19,21)(H,24,25)(H,26,27)/t9?,10?,15-/m0/s1. The molecule has 11 nitrogen and oxygen atoms in total. The van der Waals surface area contributed by atoms with Gasteiger partial charge in [-0.3, -0.25) is 29.3 Å². The second-order valence-electron chi connectivity index (χ2n) is 6.15. The third-order valence-electron chi connectivity index (χ3n) is 4.49. The Morgan fingerprint density at radius 2 is 1.79 bits per heavy atom. The van der Waals surface area contributed by atoms with Gasteiger partial charge < -0.3 is 15.5 Å². The first-order valence-corrected chi connectivity index (χ1v) is 9.26. The predicted molar refractivity (Wildman–Crippen MR) is 96.4 cm³/mol. The molecule has 29 heavy (non-hydrogen) atoms. The van der Waals surface area contributed by atoms with Crippen molar-refractivity contribution in [2.24, 2.45) is 0 Å². The van der Waals surface area contributed by atoms with Gasteiger partial charge in [-0.25, -0.2) is 10.3 Å². The van der Waals surface area contributed by atoms with E-state index in [0.29, 0.717) is 0 Å². The zero-order valence-corrected chi connectivity index (χ0v) is 15.4. The number of hydroxylamine groups is 1. The number of carboxylic acids is 2. The molecule has 0 aromatic heterocycles. The SMILES string of the molecule is O=C(O)C1=C(C(=O)NO)CS[C@H]2C(NC(=O)C(C(=O)O)c3ccccc3)C(=O)N12. The number of carboxylic acid groups (broad SMARTS) is 2. The summed E-state index contributed by atoms with van der Waals surface area (Å²) >= 11 is 1.01. The first-order valence-electron chi connectivity index (χ1n) is 8.21. The van der Waals surface area contributed by atoms with Crippen LogP contribution >= 0.6 is 11.8 Å². The number of benzene rings is 1. The van der Waals surface area contributed by atoms with Gasteiger partial charge in [0.25, 0.3) is 11.8 Å². The Morgan fingerprint density at radius 1 is 1.14 bits per heavy atom. The Balaban J connectivity index is 1.82. The van der Waals surface area contributed by atoms with Crippen molar-refractivity contribution in [2.75, 3.05) is 5.75 Å². The van der Waals surface area contributed by atoms with Gasteiger partial charge in [0.15, 0.2) is 5.92 Å². The lowest BCUT2D eigenvalue weighted by Gasteiger charge is -2.49. The summed E-state index contributed by atoms with van der Waals surface area (Å²) in [5, 5.41) is 29.1. The molecule has 1 fully saturated rings. The molecule has 0 radical (unpaired) electrons. The van der Waals surface area contributed by atoms with Crippen LogP contribution in [0.4, 0.5) is 0 Å². The molecule has 5 N–H and O–H groups in total. The highest BCUT2D eigenvalue weighted by Crippen LogP contribution is 2.40. The molecule has 1 aromatic carbocycles. The van der Waals surface area contributed by atoms with Crippen molar-refractivity contribution in [3.63, 3.8) is 0 Å². The van der Waals surface area contributed by atoms with Crippen molar-refractivity contribution in [3.05, 3.63) is 47.2 Å². The Morgan fingerprint density at radius 3 is 2.34 bits per heavy atom. The van der Waals surface area contributed by atoms with Gasteiger partial charge in [-0.05, 0) is 5.56 Å². The first-order chi connectivity index (χ1) is 13.8. The number of hydrogen-bond donors (Lipinski definition) is 5. The maximum absolute atomic E-state index is 12.5. The van der Waals surface area contributed by atoms with Crippen LogP contribution in [-0.2, 0) is 24.0 Å². The summed E-state index contributed by atoms with van der Waals surface area (Å²) in [6.45, 7) is 0. The molecule has 2 aliphatic rings. The van der Waals surface area contributed by atoms with Crippen LogP contribution in [-0.4, -0.2) is 67.1 Å². The lowest BCUT2D eigenvalue weighted by Crippen LogP contribution is -2.71. The van der Waals surface area contributed by atoms with Crippen LogP contribution in [0.5, 0.6) is 0 Å². The molecular weight excluding hydrogens is 406 g/mol. The van der Waals surface area contributed by atoms with Gasteiger partial charge in [0.05, 0.1) is 5.57 Å². The Hall–Kier alpha value is -3.38. The van der Waals surface area contributed by atoms with E-state index in [1.54, 1.807) is 18.2 Å². The lowest BCUT2D eigenvalue weighted by atomic mass is 9.96. The third kappa shape index (κ3) is 3.54. The summed E-state index contributed by atoms with van der Waals surface area (Å²) < 4.78 is 0. The normalized spacial score (nSPS) is 21.6. The second-order valence-corrected chi connectivity index (χ2v) is 7.26. The van der Waals surface area contributed by atoms with Crippen molar-refractivity contribution in [2.45, 2.75) is 17.3 Å². The van der Waals surface area contributed by atoms with Crippen molar-refractivity contribution in [1.82, 2.24) is 15.7 Å². The number of hydrogen-bond acceptors (Lipinski definition) is 7. The number of carbonyl (C=O) groups excluding carboxylic acids is 3. The second kappa shape index (κ2) is 7.93. The summed E-state index contributed by atoms with van der Waals surface area (Å²) in [4.78, 5) is 60.7. The number of nitrogens with one attached hydrogen (secondary N) is 2. The number of fused-ring (bicyclic) bond motifs is 1. The Labute approximate surface area is 167 Å². The summed E-state index contributed by atoms with van der Waals surface area (Å²) in [7, 11) is 0. The van der Waals surface area contributed by atoms with E-state index in [2.05, 4.69) is 5.32 Å². The van der Waals surface area contributed by atoms with Crippen LogP contribution in [0, 0.1) is 0 Å². The smallest absolute Gasteiger partial charge is 0.353 e. The molecule has 1 saturated heterocycles. The molecule has 0 bridgehead atoms. The molecule has 0 saturated carbocycles. The van der Waals surface area contributed by atoms with E-state index in [9.17, 15) is 34.2 Å². The number of nitrogens with zero attached hydrogens (tertiary/aromatic N) is 1. The van der Waals surface area contributed by atoms with Crippen molar-refractivity contribution >= 4 is 41.4 Å². The fourth-order valence-corrected chi connectivity index (χ4v) is 4.49. The molecule has 1 aromatic rings. The molecule has 3 rings (SSSR count). The van der Waals surface area contributed by atoms with Crippen LogP contribution in [0.25, 0.3) is 0 Å². The number of rotatable bonds is 6. The van der Waals surface area contributed by atoms with Crippen LogP contribution in [0.1, 0.15) is 11.5 Å². The highest BCUT2D eigenvalue weighted by atomic mass is 32.2. The van der Waals surface area contributed by atoms with Gasteiger partial charge in [0.1, 0.15) is 17.1 Å². The minimum absolute atomic E-state index is 0.129. The summed E-state index contributed by atoms with van der Waals surface area (Å²) in [5.74, 6) is -7.38. The molecule has 3 atom stereocenters. The average molecular weight is 421 g/mol. The molecule has 2 aliphatic heterocycles. The monoisotopic (exact) mass is 421 g/mol. The van der Waals surface area contributed by atoms with Gasteiger partial charge >= 0.3 is 11.9 Å². The highest BCUT2D eigenvalue weighted by Gasteiger charge is 2.55. The molecule has 0 spiro atoms. The van der Waals surface area contributed by atoms with Gasteiger partial charge in [-0.2, -0.15) is 0 Å². The van der Waals surface area contributed by atoms with E-state index in [0.717, 1.165) is 16.7 Å². The molecule has 0 aliphatic carbocycles. The molecule has 2 heterocycles. The zero-order chi connectivity index (χ0) is 21.3. The van der Waals surface area contributed by atoms with Crippen molar-refractivity contribution in [3.8, 4) is 0 Å². The van der Waals surface area contributed by atoms with Gasteiger partial charge in [0.2, 0.25) is 5.91 Å². The zero-order valence-electron chi connectivity index (χ0n) is 14.6. The number of β-lactam (4-membered cyclic amide) rings is 1. The number of carbonyl (C=O) groups is 5.